The summed E-state index contributed by atoms with van der Waals surface area (Å²) in [6, 6.07) is -0.893. The number of esters is 1. The first-order valence-corrected chi connectivity index (χ1v) is 36.1. The van der Waals surface area contributed by atoms with Gasteiger partial charge in [-0.25, -0.2) is 0 Å². The third kappa shape index (κ3) is 62.1. The number of hydrogen-bond acceptors (Lipinski definition) is 7. The molecule has 81 heavy (non-hydrogen) atoms. The van der Waals surface area contributed by atoms with E-state index in [2.05, 4.69) is 74.7 Å². The van der Waals surface area contributed by atoms with Gasteiger partial charge in [0.2, 0.25) is 5.91 Å². The Kier molecular flexibility index (Phi) is 59.1. The summed E-state index contributed by atoms with van der Waals surface area (Å²) < 4.78 is 30.4. The van der Waals surface area contributed by atoms with Crippen LogP contribution in [0.2, 0.25) is 0 Å². The number of hydrogen-bond donors (Lipinski definition) is 1. The van der Waals surface area contributed by atoms with Gasteiger partial charge in [-0.3, -0.25) is 14.2 Å². The average molecular weight is 1160 g/mol. The van der Waals surface area contributed by atoms with Crippen molar-refractivity contribution in [2.24, 2.45) is 0 Å². The number of nitrogens with one attached hydrogen (secondary N) is 1. The van der Waals surface area contributed by atoms with Crippen LogP contribution in [0.3, 0.4) is 0 Å². The van der Waals surface area contributed by atoms with Crippen molar-refractivity contribution >= 4 is 19.7 Å². The van der Waals surface area contributed by atoms with Gasteiger partial charge in [-0.15, -0.1) is 0 Å². The number of quaternary nitrogens is 1. The van der Waals surface area contributed by atoms with Crippen LogP contribution in [0, 0.1) is 0 Å². The number of nitrogens with zero attached hydrogens (tertiary/aromatic N) is 1. The molecule has 474 valence electrons. The van der Waals surface area contributed by atoms with E-state index in [0.29, 0.717) is 17.4 Å². The molecule has 10 heteroatoms. The Hall–Kier alpha value is -2.29. The second kappa shape index (κ2) is 60.8. The molecule has 0 bridgehead atoms. The topological polar surface area (TPSA) is 114 Å². The van der Waals surface area contributed by atoms with Gasteiger partial charge >= 0.3 is 5.97 Å². The van der Waals surface area contributed by atoms with Crippen molar-refractivity contribution in [3.05, 3.63) is 60.8 Å². The first-order valence-electron chi connectivity index (χ1n) is 34.6. The van der Waals surface area contributed by atoms with E-state index in [1.54, 1.807) is 0 Å². The van der Waals surface area contributed by atoms with Gasteiger partial charge in [-0.05, 0) is 96.0 Å². The third-order valence-corrected chi connectivity index (χ3v) is 16.4. The number of allylic oxidation sites excluding steroid dienone is 9. The summed E-state index contributed by atoms with van der Waals surface area (Å²) >= 11 is 0. The minimum Gasteiger partial charge on any atom is -0.756 e. The third-order valence-electron chi connectivity index (χ3n) is 15.4. The SMILES string of the molecule is CCCCC/C=C\C/C=C\C/C=C\CCCCCCCCCCCCCCCCC(=O)OC(/C=C\CCCCCCCCCCCC)C(COP(=O)([O-])OCC[N+](C)(C)C)NC(=O)CCCCCCC/C=C/CCCCCCCCC. The number of carbonyl (C=O) groups is 2. The van der Waals surface area contributed by atoms with E-state index in [1.165, 1.54) is 205 Å². The van der Waals surface area contributed by atoms with Crippen LogP contribution in [0.1, 0.15) is 329 Å². The fraction of sp³-hybridized carbons (Fsp3) is 0.831. The highest BCUT2D eigenvalue weighted by molar-refractivity contribution is 7.45. The zero-order chi connectivity index (χ0) is 59.3. The molecule has 3 atom stereocenters. The molecule has 0 radical (unpaired) electrons. The van der Waals surface area contributed by atoms with Crippen LogP contribution in [-0.2, 0) is 27.9 Å². The lowest BCUT2D eigenvalue weighted by atomic mass is 10.0. The van der Waals surface area contributed by atoms with Gasteiger partial charge in [0.1, 0.15) is 19.3 Å². The molecule has 0 aliphatic heterocycles. The molecule has 0 spiro atoms. The normalized spacial score (nSPS) is 13.9. The number of carbonyl (C=O) groups excluding carboxylic acids is 2. The molecular weight excluding hydrogens is 1020 g/mol. The molecule has 1 N–H and O–H groups in total. The van der Waals surface area contributed by atoms with E-state index in [9.17, 15) is 19.0 Å². The molecule has 0 fully saturated rings. The maximum Gasteiger partial charge on any atom is 0.306 e. The van der Waals surface area contributed by atoms with E-state index >= 15 is 0 Å². The standard InChI is InChI=1S/C71H133N2O7P/c1-7-10-13-16-19-22-25-28-30-32-33-34-35-36-37-38-39-40-41-42-44-46-49-52-55-58-61-64-71(75)80-69(62-59-56-53-50-47-27-24-21-18-15-12-9-3)68(67-79-81(76,77)78-66-65-73(4,5)6)72-70(74)63-60-57-54-51-48-45-43-31-29-26-23-20-17-14-11-8-2/h19,22,28,30-31,33-34,43,59,62,68-69H,7-18,20-21,23-27,29,32,35-42,44-58,60-61,63-67H2,1-6H3,(H-,72,74,76,77)/b22-19-,30-28-,34-33-,43-31+,62-59-. The van der Waals surface area contributed by atoms with Crippen LogP contribution >= 0.6 is 7.82 Å². The van der Waals surface area contributed by atoms with Crippen molar-refractivity contribution in [2.45, 2.75) is 341 Å². The van der Waals surface area contributed by atoms with E-state index in [-0.39, 0.29) is 24.9 Å². The van der Waals surface area contributed by atoms with Crippen molar-refractivity contribution < 1.29 is 37.3 Å². The van der Waals surface area contributed by atoms with Gasteiger partial charge in [-0.1, -0.05) is 281 Å². The fourth-order valence-corrected chi connectivity index (χ4v) is 10.8. The quantitative estimate of drug-likeness (QED) is 0.0212. The van der Waals surface area contributed by atoms with Crippen LogP contribution in [0.4, 0.5) is 0 Å². The molecule has 0 rings (SSSR count). The Morgan fingerprint density at radius 3 is 1.16 bits per heavy atom. The number of unbranched alkanes of at least 4 members (excludes halogenated alkanes) is 39. The number of likely N-dealkylation sites (N-methyl/N-ethyl adjacent to an activating group) is 1. The summed E-state index contributed by atoms with van der Waals surface area (Å²) in [6.45, 7) is 6.84. The molecule has 3 unspecified atom stereocenters. The molecule has 0 aromatic heterocycles. The first-order chi connectivity index (χ1) is 39.4. The second-order valence-corrected chi connectivity index (χ2v) is 26.1. The van der Waals surface area contributed by atoms with E-state index in [4.69, 9.17) is 13.8 Å². The van der Waals surface area contributed by atoms with Crippen LogP contribution in [-0.4, -0.2) is 69.4 Å². The minimum atomic E-state index is -4.70. The minimum absolute atomic E-state index is 0.0237. The fourth-order valence-electron chi connectivity index (χ4n) is 10.1. The Morgan fingerprint density at radius 1 is 0.432 bits per heavy atom. The van der Waals surface area contributed by atoms with Gasteiger partial charge in [-0.2, -0.15) is 0 Å². The lowest BCUT2D eigenvalue weighted by Crippen LogP contribution is -2.47. The zero-order valence-electron chi connectivity index (χ0n) is 54.2. The molecule has 0 saturated carbocycles. The Balaban J connectivity index is 5.03. The van der Waals surface area contributed by atoms with Crippen LogP contribution < -0.4 is 10.2 Å². The predicted octanol–water partition coefficient (Wildman–Crippen LogP) is 21.2. The van der Waals surface area contributed by atoms with Gasteiger partial charge in [0.25, 0.3) is 7.82 Å². The van der Waals surface area contributed by atoms with E-state index in [0.717, 1.165) is 89.9 Å². The molecule has 0 saturated heterocycles. The maximum absolute atomic E-state index is 13.6. The highest BCUT2D eigenvalue weighted by Gasteiger charge is 2.27. The summed E-state index contributed by atoms with van der Waals surface area (Å²) in [5.74, 6) is -0.541. The summed E-state index contributed by atoms with van der Waals surface area (Å²) in [5.41, 5.74) is 0. The Morgan fingerprint density at radius 2 is 0.753 bits per heavy atom. The first kappa shape index (κ1) is 78.7. The van der Waals surface area contributed by atoms with Gasteiger partial charge in [0.05, 0.1) is 33.8 Å². The number of phosphoric acid groups is 1. The molecule has 9 nitrogen and oxygen atoms in total. The van der Waals surface area contributed by atoms with Crippen LogP contribution in [0.15, 0.2) is 60.8 Å². The number of phosphoric ester groups is 1. The molecule has 0 heterocycles. The van der Waals surface area contributed by atoms with Crippen molar-refractivity contribution in [2.75, 3.05) is 40.9 Å². The number of rotatable bonds is 63. The number of amides is 1. The highest BCUT2D eigenvalue weighted by atomic mass is 31.2. The number of ether oxygens (including phenoxy) is 1. The molecule has 0 aliphatic carbocycles. The molecule has 1 amide bonds. The van der Waals surface area contributed by atoms with E-state index in [1.807, 2.05) is 33.3 Å². The van der Waals surface area contributed by atoms with Crippen molar-refractivity contribution in [3.63, 3.8) is 0 Å². The van der Waals surface area contributed by atoms with Crippen LogP contribution in [0.25, 0.3) is 0 Å². The summed E-state index contributed by atoms with van der Waals surface area (Å²) in [7, 11) is 1.19. The Labute approximate surface area is 502 Å². The second-order valence-electron chi connectivity index (χ2n) is 24.7. The molecule has 0 aromatic carbocycles. The summed E-state index contributed by atoms with van der Waals surface area (Å²) in [4.78, 5) is 40.1. The summed E-state index contributed by atoms with van der Waals surface area (Å²) in [5, 5.41) is 3.03. The lowest BCUT2D eigenvalue weighted by Gasteiger charge is -2.30. The smallest absolute Gasteiger partial charge is 0.306 e. The monoisotopic (exact) mass is 1160 g/mol. The van der Waals surface area contributed by atoms with Gasteiger partial charge in [0, 0.05) is 12.8 Å². The van der Waals surface area contributed by atoms with Crippen LogP contribution in [0.5, 0.6) is 0 Å². The average Bonchev–Trinajstić information content (AvgIpc) is 3.44. The maximum atomic E-state index is 13.6. The molecule has 0 aliphatic rings. The molecular formula is C71H133N2O7P. The lowest BCUT2D eigenvalue weighted by molar-refractivity contribution is -0.870. The van der Waals surface area contributed by atoms with Crippen molar-refractivity contribution in [1.29, 1.82) is 0 Å². The largest absolute Gasteiger partial charge is 0.756 e. The molecule has 0 aromatic rings. The predicted molar refractivity (Wildman–Crippen MR) is 349 cm³/mol. The van der Waals surface area contributed by atoms with Crippen molar-refractivity contribution in [3.8, 4) is 0 Å². The zero-order valence-corrected chi connectivity index (χ0v) is 55.1. The van der Waals surface area contributed by atoms with Gasteiger partial charge in [0.15, 0.2) is 0 Å². The summed E-state index contributed by atoms with van der Waals surface area (Å²) in [6.07, 6.45) is 77.7. The Bertz CT molecular complexity index is 1570. The van der Waals surface area contributed by atoms with E-state index < -0.39 is 26.6 Å². The van der Waals surface area contributed by atoms with Gasteiger partial charge < -0.3 is 28.5 Å². The van der Waals surface area contributed by atoms with Crippen molar-refractivity contribution in [1.82, 2.24) is 5.32 Å². The highest BCUT2D eigenvalue weighted by Crippen LogP contribution is 2.38.